The number of aryl methyl sites for hydroxylation is 2. The van der Waals surface area contributed by atoms with E-state index < -0.39 is 5.41 Å². The lowest BCUT2D eigenvalue weighted by Crippen LogP contribution is -2.35. The minimum Gasteiger partial charge on any atom is -0.325 e. The Morgan fingerprint density at radius 1 is 0.739 bits per heavy atom. The van der Waals surface area contributed by atoms with Crippen LogP contribution >= 0.6 is 0 Å². The normalized spacial score (nSPS) is 14.9. The maximum absolute atomic E-state index is 12.5. The van der Waals surface area contributed by atoms with Crippen LogP contribution in [0.25, 0.3) is 0 Å². The van der Waals surface area contributed by atoms with Gasteiger partial charge in [0.15, 0.2) is 0 Å². The molecule has 0 aliphatic heterocycles. The fraction of sp³-hybridized carbons (Fsp3) is 0.263. The molecule has 0 bridgehead atoms. The highest BCUT2D eigenvalue weighted by atomic mass is 16.2. The van der Waals surface area contributed by atoms with Crippen molar-refractivity contribution in [1.82, 2.24) is 0 Å². The van der Waals surface area contributed by atoms with Crippen molar-refractivity contribution < 1.29 is 9.59 Å². The molecule has 1 aliphatic carbocycles. The number of anilines is 2. The Morgan fingerprint density at radius 3 is 1.39 bits per heavy atom. The van der Waals surface area contributed by atoms with E-state index in [0.29, 0.717) is 12.8 Å². The number of nitrogens with one attached hydrogen (secondary N) is 2. The molecule has 1 aliphatic rings. The van der Waals surface area contributed by atoms with E-state index in [0.717, 1.165) is 22.5 Å². The van der Waals surface area contributed by atoms with Crippen LogP contribution in [0.1, 0.15) is 24.0 Å². The first kappa shape index (κ1) is 15.3. The van der Waals surface area contributed by atoms with Crippen LogP contribution < -0.4 is 10.6 Å². The Hall–Kier alpha value is -2.62. The molecule has 0 radical (unpaired) electrons. The third-order valence-electron chi connectivity index (χ3n) is 4.24. The fourth-order valence-electron chi connectivity index (χ4n) is 2.46. The number of hydrogen-bond acceptors (Lipinski definition) is 2. The largest absolute Gasteiger partial charge is 0.325 e. The summed E-state index contributed by atoms with van der Waals surface area (Å²) in [5.41, 5.74) is 2.75. The van der Waals surface area contributed by atoms with E-state index in [1.54, 1.807) is 0 Å². The predicted octanol–water partition coefficient (Wildman–Crippen LogP) is 3.66. The lowest BCUT2D eigenvalue weighted by atomic mass is 10.0. The molecule has 2 aromatic carbocycles. The summed E-state index contributed by atoms with van der Waals surface area (Å²) in [6, 6.07) is 15.1. The second kappa shape index (κ2) is 5.88. The lowest BCUT2D eigenvalue weighted by Gasteiger charge is -2.15. The van der Waals surface area contributed by atoms with E-state index >= 15 is 0 Å². The zero-order valence-corrected chi connectivity index (χ0v) is 13.3. The second-order valence-corrected chi connectivity index (χ2v) is 6.22. The summed E-state index contributed by atoms with van der Waals surface area (Å²) < 4.78 is 0. The molecule has 0 heterocycles. The van der Waals surface area contributed by atoms with Crippen molar-refractivity contribution in [3.05, 3.63) is 59.7 Å². The summed E-state index contributed by atoms with van der Waals surface area (Å²) in [6.45, 7) is 3.98. The SMILES string of the molecule is Cc1ccc(NC(=O)C2(C(=O)Nc3ccc(C)cc3)CC2)cc1. The van der Waals surface area contributed by atoms with Crippen LogP contribution in [0.4, 0.5) is 11.4 Å². The maximum atomic E-state index is 12.5. The Balaban J connectivity index is 1.68. The van der Waals surface area contributed by atoms with E-state index in [1.807, 2.05) is 62.4 Å². The molecule has 4 heteroatoms. The zero-order chi connectivity index (χ0) is 16.4. The van der Waals surface area contributed by atoms with Crippen LogP contribution in [-0.2, 0) is 9.59 Å². The first-order valence-electron chi connectivity index (χ1n) is 7.76. The fourth-order valence-corrected chi connectivity index (χ4v) is 2.46. The first-order chi connectivity index (χ1) is 11.0. The number of amides is 2. The molecule has 1 saturated carbocycles. The van der Waals surface area contributed by atoms with Crippen LogP contribution in [0.15, 0.2) is 48.5 Å². The molecule has 118 valence electrons. The molecule has 2 N–H and O–H groups in total. The van der Waals surface area contributed by atoms with Gasteiger partial charge in [-0.3, -0.25) is 9.59 Å². The molecule has 4 nitrogen and oxygen atoms in total. The highest BCUT2D eigenvalue weighted by Crippen LogP contribution is 2.47. The molecule has 2 aromatic rings. The van der Waals surface area contributed by atoms with Crippen LogP contribution in [-0.4, -0.2) is 11.8 Å². The molecule has 2 amide bonds. The molecule has 23 heavy (non-hydrogen) atoms. The molecule has 0 unspecified atom stereocenters. The molecule has 0 saturated heterocycles. The van der Waals surface area contributed by atoms with Crippen LogP contribution in [0.5, 0.6) is 0 Å². The average Bonchev–Trinajstić information content (AvgIpc) is 3.34. The number of benzene rings is 2. The average molecular weight is 308 g/mol. The summed E-state index contributed by atoms with van der Waals surface area (Å²) >= 11 is 0. The standard InChI is InChI=1S/C19H20N2O2/c1-13-3-7-15(8-4-13)20-17(22)19(11-12-19)18(23)21-16-9-5-14(2)6-10-16/h3-10H,11-12H2,1-2H3,(H,20,22)(H,21,23). The minimum atomic E-state index is -0.935. The smallest absolute Gasteiger partial charge is 0.240 e. The summed E-state index contributed by atoms with van der Waals surface area (Å²) in [4.78, 5) is 25.0. The van der Waals surface area contributed by atoms with Crippen molar-refractivity contribution >= 4 is 23.2 Å². The number of carbonyl (C=O) groups is 2. The van der Waals surface area contributed by atoms with E-state index in [-0.39, 0.29) is 11.8 Å². The van der Waals surface area contributed by atoms with Crippen LogP contribution in [0.2, 0.25) is 0 Å². The summed E-state index contributed by atoms with van der Waals surface area (Å²) in [5.74, 6) is -0.461. The van der Waals surface area contributed by atoms with Gasteiger partial charge in [-0.05, 0) is 51.0 Å². The minimum absolute atomic E-state index is 0.231. The van der Waals surface area contributed by atoms with Gasteiger partial charge in [0, 0.05) is 11.4 Å². The van der Waals surface area contributed by atoms with E-state index in [4.69, 9.17) is 0 Å². The summed E-state index contributed by atoms with van der Waals surface area (Å²) in [7, 11) is 0. The highest BCUT2D eigenvalue weighted by Gasteiger charge is 2.56. The first-order valence-corrected chi connectivity index (χ1v) is 7.76. The van der Waals surface area contributed by atoms with Crippen molar-refractivity contribution in [2.45, 2.75) is 26.7 Å². The maximum Gasteiger partial charge on any atom is 0.240 e. The topological polar surface area (TPSA) is 58.2 Å². The molecule has 1 fully saturated rings. The van der Waals surface area contributed by atoms with Gasteiger partial charge in [0.25, 0.3) is 0 Å². The van der Waals surface area contributed by atoms with Gasteiger partial charge in [0.05, 0.1) is 0 Å². The third-order valence-corrected chi connectivity index (χ3v) is 4.24. The van der Waals surface area contributed by atoms with Gasteiger partial charge >= 0.3 is 0 Å². The summed E-state index contributed by atoms with van der Waals surface area (Å²) in [5, 5.41) is 5.70. The summed E-state index contributed by atoms with van der Waals surface area (Å²) in [6.07, 6.45) is 1.17. The number of hydrogen-bond donors (Lipinski definition) is 2. The van der Waals surface area contributed by atoms with Gasteiger partial charge in [-0.25, -0.2) is 0 Å². The quantitative estimate of drug-likeness (QED) is 0.847. The van der Waals surface area contributed by atoms with Gasteiger partial charge in [-0.1, -0.05) is 35.4 Å². The van der Waals surface area contributed by atoms with Crippen molar-refractivity contribution in [2.24, 2.45) is 5.41 Å². The van der Waals surface area contributed by atoms with Crippen molar-refractivity contribution in [3.63, 3.8) is 0 Å². The third kappa shape index (κ3) is 3.26. The number of rotatable bonds is 4. The lowest BCUT2D eigenvalue weighted by molar-refractivity contribution is -0.131. The van der Waals surface area contributed by atoms with Gasteiger partial charge in [0.2, 0.25) is 11.8 Å². The Labute approximate surface area is 135 Å². The Bertz CT molecular complexity index is 667. The van der Waals surface area contributed by atoms with Crippen LogP contribution in [0, 0.1) is 19.3 Å². The van der Waals surface area contributed by atoms with Gasteiger partial charge in [-0.2, -0.15) is 0 Å². The predicted molar refractivity (Wildman–Crippen MR) is 91.3 cm³/mol. The van der Waals surface area contributed by atoms with Gasteiger partial charge in [-0.15, -0.1) is 0 Å². The number of carbonyl (C=O) groups excluding carboxylic acids is 2. The zero-order valence-electron chi connectivity index (χ0n) is 13.3. The van der Waals surface area contributed by atoms with Crippen LogP contribution in [0.3, 0.4) is 0 Å². The van der Waals surface area contributed by atoms with Crippen molar-refractivity contribution in [1.29, 1.82) is 0 Å². The molecular formula is C19H20N2O2. The van der Waals surface area contributed by atoms with E-state index in [2.05, 4.69) is 10.6 Å². The van der Waals surface area contributed by atoms with E-state index in [9.17, 15) is 9.59 Å². The monoisotopic (exact) mass is 308 g/mol. The molecule has 3 rings (SSSR count). The Kier molecular flexibility index (Phi) is 3.90. The molecule has 0 atom stereocenters. The Morgan fingerprint density at radius 2 is 1.09 bits per heavy atom. The molecule has 0 aromatic heterocycles. The van der Waals surface area contributed by atoms with Gasteiger partial charge in [0.1, 0.15) is 5.41 Å². The molecular weight excluding hydrogens is 288 g/mol. The molecule has 0 spiro atoms. The highest BCUT2D eigenvalue weighted by molar-refractivity contribution is 6.16. The van der Waals surface area contributed by atoms with Crippen molar-refractivity contribution in [2.75, 3.05) is 10.6 Å². The second-order valence-electron chi connectivity index (χ2n) is 6.22. The van der Waals surface area contributed by atoms with Gasteiger partial charge < -0.3 is 10.6 Å². The van der Waals surface area contributed by atoms with E-state index in [1.165, 1.54) is 0 Å². The van der Waals surface area contributed by atoms with Crippen molar-refractivity contribution in [3.8, 4) is 0 Å².